The number of unbranched alkanes of at least 4 members (excludes halogenated alkanes) is 1. The van der Waals surface area contributed by atoms with E-state index in [0.717, 1.165) is 29.5 Å². The molecule has 0 amide bonds. The van der Waals surface area contributed by atoms with E-state index in [4.69, 9.17) is 16.7 Å². The molecule has 0 radical (unpaired) electrons. The second-order valence-corrected chi connectivity index (χ2v) is 11.6. The summed E-state index contributed by atoms with van der Waals surface area (Å²) in [4.78, 5) is 15.3. The van der Waals surface area contributed by atoms with E-state index in [2.05, 4.69) is 40.9 Å². The standard InChI is InChI=1S/C29H31ClN2O4S/c1-20-22(16-21-6-5-15-31-19-21)17-23-18-25(32-37(35,36)26-12-9-24(30)10-13-26)11-14-28(23)27(20)7-3-2-4-8-29(33)34/h3,5-7,9-10,12-13,15,17,19,25,32H,2,4,8,11,14,16,18H2,1H3,(H,33,34)/b7-3+. The van der Waals surface area contributed by atoms with E-state index in [9.17, 15) is 13.2 Å². The normalized spacial score (nSPS) is 15.6. The van der Waals surface area contributed by atoms with Gasteiger partial charge < -0.3 is 5.11 Å². The molecular weight excluding hydrogens is 508 g/mol. The van der Waals surface area contributed by atoms with Crippen LogP contribution in [-0.4, -0.2) is 30.5 Å². The molecule has 1 aromatic heterocycles. The van der Waals surface area contributed by atoms with Gasteiger partial charge in [0.05, 0.1) is 4.90 Å². The van der Waals surface area contributed by atoms with Gasteiger partial charge in [-0.15, -0.1) is 0 Å². The van der Waals surface area contributed by atoms with Crippen LogP contribution in [0.4, 0.5) is 0 Å². The van der Waals surface area contributed by atoms with E-state index < -0.39 is 16.0 Å². The number of carbonyl (C=O) groups is 1. The van der Waals surface area contributed by atoms with Crippen LogP contribution >= 0.6 is 11.6 Å². The molecule has 0 saturated heterocycles. The third-order valence-corrected chi connectivity index (χ3v) is 8.55. The smallest absolute Gasteiger partial charge is 0.303 e. The number of aliphatic carboxylic acids is 1. The van der Waals surface area contributed by atoms with Crippen molar-refractivity contribution >= 4 is 33.7 Å². The zero-order valence-corrected chi connectivity index (χ0v) is 22.4. The number of allylic oxidation sites excluding steroid dienone is 1. The molecule has 37 heavy (non-hydrogen) atoms. The molecule has 1 heterocycles. The fraction of sp³-hybridized carbons (Fsp3) is 0.310. The third-order valence-electron chi connectivity index (χ3n) is 6.77. The number of sulfonamides is 1. The molecule has 194 valence electrons. The first-order valence-electron chi connectivity index (χ1n) is 12.4. The van der Waals surface area contributed by atoms with E-state index in [0.29, 0.717) is 30.7 Å². The van der Waals surface area contributed by atoms with E-state index in [-0.39, 0.29) is 17.4 Å². The Morgan fingerprint density at radius 2 is 2.03 bits per heavy atom. The van der Waals surface area contributed by atoms with Gasteiger partial charge >= 0.3 is 5.97 Å². The summed E-state index contributed by atoms with van der Waals surface area (Å²) < 4.78 is 28.9. The minimum atomic E-state index is -3.66. The lowest BCUT2D eigenvalue weighted by Crippen LogP contribution is -2.39. The minimum absolute atomic E-state index is 0.151. The van der Waals surface area contributed by atoms with Crippen LogP contribution < -0.4 is 4.72 Å². The molecule has 2 aromatic carbocycles. The second kappa shape index (κ2) is 12.0. The maximum Gasteiger partial charge on any atom is 0.303 e. The van der Waals surface area contributed by atoms with Crippen LogP contribution in [0.1, 0.15) is 59.1 Å². The van der Waals surface area contributed by atoms with Gasteiger partial charge in [0.1, 0.15) is 0 Å². The molecule has 1 aliphatic rings. The molecule has 8 heteroatoms. The molecule has 0 bridgehead atoms. The SMILES string of the molecule is Cc1c(Cc2cccnc2)cc2c(c1/C=C/CCCC(=O)O)CCC(NS(=O)(=O)c1ccc(Cl)cc1)C2. The summed E-state index contributed by atoms with van der Waals surface area (Å²) in [5.74, 6) is -0.785. The average molecular weight is 539 g/mol. The number of hydrogen-bond donors (Lipinski definition) is 2. The van der Waals surface area contributed by atoms with Gasteiger partial charge in [-0.25, -0.2) is 13.1 Å². The number of nitrogens with zero attached hydrogens (tertiary/aromatic N) is 1. The Morgan fingerprint density at radius 3 is 2.73 bits per heavy atom. The van der Waals surface area contributed by atoms with Crippen molar-refractivity contribution in [2.45, 2.75) is 62.8 Å². The number of hydrogen-bond acceptors (Lipinski definition) is 4. The average Bonchev–Trinajstić information content (AvgIpc) is 2.86. The summed E-state index contributed by atoms with van der Waals surface area (Å²) in [6, 6.07) is 12.2. The largest absolute Gasteiger partial charge is 0.481 e. The summed E-state index contributed by atoms with van der Waals surface area (Å²) in [6.07, 6.45) is 12.0. The van der Waals surface area contributed by atoms with Gasteiger partial charge in [-0.3, -0.25) is 9.78 Å². The molecule has 0 saturated carbocycles. The van der Waals surface area contributed by atoms with Crippen molar-refractivity contribution in [1.82, 2.24) is 9.71 Å². The molecule has 0 aliphatic heterocycles. The number of benzene rings is 2. The topological polar surface area (TPSA) is 96.4 Å². The van der Waals surface area contributed by atoms with Gasteiger partial charge in [0.25, 0.3) is 0 Å². The second-order valence-electron chi connectivity index (χ2n) is 9.45. The first kappa shape index (κ1) is 27.0. The first-order valence-corrected chi connectivity index (χ1v) is 14.3. The Labute approximate surface area is 223 Å². The van der Waals surface area contributed by atoms with Crippen molar-refractivity contribution in [3.05, 3.63) is 99.3 Å². The fourth-order valence-corrected chi connectivity index (χ4v) is 6.24. The summed E-state index contributed by atoms with van der Waals surface area (Å²) >= 11 is 5.93. The zero-order valence-electron chi connectivity index (χ0n) is 20.8. The number of fused-ring (bicyclic) bond motifs is 1. The predicted octanol–water partition coefficient (Wildman–Crippen LogP) is 5.74. The molecule has 0 fully saturated rings. The molecule has 2 N–H and O–H groups in total. The van der Waals surface area contributed by atoms with Crippen LogP contribution in [0.25, 0.3) is 6.08 Å². The molecule has 6 nitrogen and oxygen atoms in total. The molecule has 4 rings (SSSR count). The quantitative estimate of drug-likeness (QED) is 0.321. The summed E-state index contributed by atoms with van der Waals surface area (Å²) in [5, 5.41) is 9.41. The maximum atomic E-state index is 13.0. The third kappa shape index (κ3) is 7.06. The Morgan fingerprint density at radius 1 is 1.24 bits per heavy atom. The number of rotatable bonds is 10. The molecule has 1 aliphatic carbocycles. The van der Waals surface area contributed by atoms with Crippen LogP contribution in [0.15, 0.2) is 65.8 Å². The summed E-state index contributed by atoms with van der Waals surface area (Å²) in [6.45, 7) is 2.12. The van der Waals surface area contributed by atoms with Crippen molar-refractivity contribution in [1.29, 1.82) is 0 Å². The number of nitrogens with one attached hydrogen (secondary N) is 1. The van der Waals surface area contributed by atoms with Crippen LogP contribution in [0.3, 0.4) is 0 Å². The molecule has 1 unspecified atom stereocenters. The van der Waals surface area contributed by atoms with Gasteiger partial charge in [0, 0.05) is 29.9 Å². The number of pyridine rings is 1. The lowest BCUT2D eigenvalue weighted by Gasteiger charge is -2.29. The fourth-order valence-electron chi connectivity index (χ4n) is 4.85. The van der Waals surface area contributed by atoms with Crippen molar-refractivity contribution in [2.75, 3.05) is 0 Å². The highest BCUT2D eigenvalue weighted by Gasteiger charge is 2.27. The van der Waals surface area contributed by atoms with Gasteiger partial charge in [-0.05, 0) is 109 Å². The molecule has 0 spiro atoms. The summed E-state index contributed by atoms with van der Waals surface area (Å²) in [5.41, 5.74) is 7.02. The van der Waals surface area contributed by atoms with Gasteiger partial charge in [0.2, 0.25) is 10.0 Å². The van der Waals surface area contributed by atoms with Crippen LogP contribution in [0, 0.1) is 6.92 Å². The van der Waals surface area contributed by atoms with Crippen LogP contribution in [-0.2, 0) is 34.1 Å². The van der Waals surface area contributed by atoms with Crippen LogP contribution in [0.5, 0.6) is 0 Å². The highest BCUT2D eigenvalue weighted by molar-refractivity contribution is 7.89. The van der Waals surface area contributed by atoms with E-state index in [1.807, 2.05) is 12.3 Å². The number of aromatic nitrogens is 1. The van der Waals surface area contributed by atoms with E-state index >= 15 is 0 Å². The Kier molecular flexibility index (Phi) is 8.79. The number of carboxylic acid groups (broad SMARTS) is 1. The minimum Gasteiger partial charge on any atom is -0.481 e. The van der Waals surface area contributed by atoms with Gasteiger partial charge in [-0.1, -0.05) is 35.9 Å². The molecular formula is C29H31ClN2O4S. The van der Waals surface area contributed by atoms with E-state index in [1.165, 1.54) is 28.8 Å². The Hall–Kier alpha value is -3.00. The Bertz CT molecular complexity index is 1390. The van der Waals surface area contributed by atoms with E-state index in [1.54, 1.807) is 18.3 Å². The lowest BCUT2D eigenvalue weighted by atomic mass is 9.81. The number of halogens is 1. The molecule has 1 atom stereocenters. The van der Waals surface area contributed by atoms with Gasteiger partial charge in [0.15, 0.2) is 0 Å². The zero-order chi connectivity index (χ0) is 26.4. The van der Waals surface area contributed by atoms with Crippen molar-refractivity contribution in [2.24, 2.45) is 0 Å². The highest BCUT2D eigenvalue weighted by Crippen LogP contribution is 2.32. The van der Waals surface area contributed by atoms with Crippen LogP contribution in [0.2, 0.25) is 5.02 Å². The highest BCUT2D eigenvalue weighted by atomic mass is 35.5. The lowest BCUT2D eigenvalue weighted by molar-refractivity contribution is -0.137. The monoisotopic (exact) mass is 538 g/mol. The predicted molar refractivity (Wildman–Crippen MR) is 146 cm³/mol. The maximum absolute atomic E-state index is 13.0. The van der Waals surface area contributed by atoms with Crippen molar-refractivity contribution < 1.29 is 18.3 Å². The number of carboxylic acids is 1. The first-order chi connectivity index (χ1) is 17.7. The Balaban J connectivity index is 1.61. The molecule has 3 aromatic rings. The summed E-state index contributed by atoms with van der Waals surface area (Å²) in [7, 11) is -3.66. The van der Waals surface area contributed by atoms with Crippen molar-refractivity contribution in [3.8, 4) is 0 Å². The van der Waals surface area contributed by atoms with Gasteiger partial charge in [-0.2, -0.15) is 0 Å². The van der Waals surface area contributed by atoms with Crippen molar-refractivity contribution in [3.63, 3.8) is 0 Å².